The van der Waals surface area contributed by atoms with Crippen molar-refractivity contribution in [2.75, 3.05) is 17.3 Å². The Morgan fingerprint density at radius 3 is 2.39 bits per heavy atom. The number of carbonyl (C=O) groups is 2. The predicted octanol–water partition coefficient (Wildman–Crippen LogP) is 2.69. The van der Waals surface area contributed by atoms with Crippen LogP contribution in [0.1, 0.15) is 18.9 Å². The SMILES string of the molecule is CCN(C(=O)NC(=O)CCCl)c1ccc(C)cc1. The van der Waals surface area contributed by atoms with Gasteiger partial charge in [0.2, 0.25) is 5.91 Å². The van der Waals surface area contributed by atoms with Crippen molar-refractivity contribution in [3.05, 3.63) is 29.8 Å². The van der Waals surface area contributed by atoms with Gasteiger partial charge in [-0.2, -0.15) is 0 Å². The minimum Gasteiger partial charge on any atom is -0.294 e. The molecule has 1 aromatic carbocycles. The molecule has 3 amide bonds. The van der Waals surface area contributed by atoms with Crippen LogP contribution >= 0.6 is 11.6 Å². The standard InChI is InChI=1S/C13H17ClN2O2/c1-3-16(11-6-4-10(2)5-7-11)13(18)15-12(17)8-9-14/h4-7H,3,8-9H2,1-2H3,(H,15,17,18). The molecule has 0 fully saturated rings. The molecule has 1 aromatic rings. The molecule has 0 aliphatic rings. The van der Waals surface area contributed by atoms with Gasteiger partial charge in [0.25, 0.3) is 0 Å². The molecule has 0 aromatic heterocycles. The molecule has 0 spiro atoms. The molecule has 4 nitrogen and oxygen atoms in total. The maximum Gasteiger partial charge on any atom is 0.328 e. The van der Waals surface area contributed by atoms with Crippen LogP contribution in [-0.2, 0) is 4.79 Å². The Morgan fingerprint density at radius 2 is 1.89 bits per heavy atom. The zero-order chi connectivity index (χ0) is 13.5. The topological polar surface area (TPSA) is 49.4 Å². The summed E-state index contributed by atoms with van der Waals surface area (Å²) in [6.07, 6.45) is 0.138. The van der Waals surface area contributed by atoms with Gasteiger partial charge in [-0.15, -0.1) is 11.6 Å². The number of aryl methyl sites for hydroxylation is 1. The first-order valence-electron chi connectivity index (χ1n) is 5.82. The van der Waals surface area contributed by atoms with E-state index in [0.717, 1.165) is 11.3 Å². The van der Waals surface area contributed by atoms with Crippen LogP contribution < -0.4 is 10.2 Å². The first-order chi connectivity index (χ1) is 8.58. The Kier molecular flexibility index (Phi) is 5.65. The van der Waals surface area contributed by atoms with E-state index < -0.39 is 6.03 Å². The van der Waals surface area contributed by atoms with Crippen molar-refractivity contribution in [1.29, 1.82) is 0 Å². The number of amides is 3. The molecule has 0 aliphatic heterocycles. The van der Waals surface area contributed by atoms with E-state index in [4.69, 9.17) is 11.6 Å². The van der Waals surface area contributed by atoms with E-state index in [9.17, 15) is 9.59 Å². The van der Waals surface area contributed by atoms with Crippen LogP contribution in [0.15, 0.2) is 24.3 Å². The van der Waals surface area contributed by atoms with E-state index in [1.165, 1.54) is 4.90 Å². The number of alkyl halides is 1. The van der Waals surface area contributed by atoms with Crippen molar-refractivity contribution in [1.82, 2.24) is 5.32 Å². The third-order valence-corrected chi connectivity index (χ3v) is 2.66. The third-order valence-electron chi connectivity index (χ3n) is 2.47. The summed E-state index contributed by atoms with van der Waals surface area (Å²) in [4.78, 5) is 24.7. The fourth-order valence-electron chi connectivity index (χ4n) is 1.50. The molecule has 0 saturated carbocycles. The Balaban J connectivity index is 2.74. The summed E-state index contributed by atoms with van der Waals surface area (Å²) in [6.45, 7) is 4.32. The zero-order valence-corrected chi connectivity index (χ0v) is 11.3. The first-order valence-corrected chi connectivity index (χ1v) is 6.36. The Labute approximate surface area is 112 Å². The number of hydrogen-bond acceptors (Lipinski definition) is 2. The van der Waals surface area contributed by atoms with Crippen molar-refractivity contribution >= 4 is 29.2 Å². The molecule has 0 bridgehead atoms. The number of carbonyl (C=O) groups excluding carboxylic acids is 2. The Morgan fingerprint density at radius 1 is 1.28 bits per heavy atom. The number of rotatable bonds is 4. The van der Waals surface area contributed by atoms with Crippen molar-refractivity contribution in [3.63, 3.8) is 0 Å². The smallest absolute Gasteiger partial charge is 0.294 e. The third kappa shape index (κ3) is 4.04. The van der Waals surface area contributed by atoms with Gasteiger partial charge < -0.3 is 0 Å². The highest BCUT2D eigenvalue weighted by atomic mass is 35.5. The average molecular weight is 269 g/mol. The quantitative estimate of drug-likeness (QED) is 0.854. The monoisotopic (exact) mass is 268 g/mol. The molecule has 98 valence electrons. The lowest BCUT2D eigenvalue weighted by Crippen LogP contribution is -2.43. The summed E-state index contributed by atoms with van der Waals surface area (Å²) < 4.78 is 0. The number of nitrogens with zero attached hydrogens (tertiary/aromatic N) is 1. The van der Waals surface area contributed by atoms with Crippen LogP contribution in [0, 0.1) is 6.92 Å². The molecule has 0 unspecified atom stereocenters. The molecule has 1 rings (SSSR count). The maximum absolute atomic E-state index is 11.9. The molecule has 0 saturated heterocycles. The zero-order valence-electron chi connectivity index (χ0n) is 10.6. The van der Waals surface area contributed by atoms with E-state index in [1.807, 2.05) is 38.1 Å². The lowest BCUT2D eigenvalue weighted by Gasteiger charge is -2.21. The molecule has 5 heteroatoms. The van der Waals surface area contributed by atoms with E-state index in [-0.39, 0.29) is 18.2 Å². The summed E-state index contributed by atoms with van der Waals surface area (Å²) in [5, 5.41) is 2.31. The van der Waals surface area contributed by atoms with Crippen LogP contribution in [0.5, 0.6) is 0 Å². The average Bonchev–Trinajstić information content (AvgIpc) is 2.32. The Hall–Kier alpha value is -1.55. The normalized spacial score (nSPS) is 9.94. The summed E-state index contributed by atoms with van der Waals surface area (Å²) in [5.74, 6) is -0.156. The summed E-state index contributed by atoms with van der Waals surface area (Å²) in [5.41, 5.74) is 1.88. The minimum absolute atomic E-state index is 0.138. The van der Waals surface area contributed by atoms with E-state index in [1.54, 1.807) is 0 Å². The number of anilines is 1. The van der Waals surface area contributed by atoms with Crippen molar-refractivity contribution < 1.29 is 9.59 Å². The number of imide groups is 1. The van der Waals surface area contributed by atoms with Crippen LogP contribution in [0.2, 0.25) is 0 Å². The highest BCUT2D eigenvalue weighted by molar-refractivity contribution is 6.19. The van der Waals surface area contributed by atoms with Gasteiger partial charge in [-0.3, -0.25) is 15.0 Å². The highest BCUT2D eigenvalue weighted by Crippen LogP contribution is 2.14. The van der Waals surface area contributed by atoms with Crippen molar-refractivity contribution in [2.24, 2.45) is 0 Å². The second-order valence-corrected chi connectivity index (χ2v) is 4.25. The lowest BCUT2D eigenvalue weighted by molar-refractivity contribution is -0.119. The maximum atomic E-state index is 11.9. The van der Waals surface area contributed by atoms with Gasteiger partial charge in [-0.05, 0) is 26.0 Å². The number of nitrogens with one attached hydrogen (secondary N) is 1. The van der Waals surface area contributed by atoms with Crippen LogP contribution in [0.3, 0.4) is 0 Å². The highest BCUT2D eigenvalue weighted by Gasteiger charge is 2.15. The molecular formula is C13H17ClN2O2. The molecule has 18 heavy (non-hydrogen) atoms. The van der Waals surface area contributed by atoms with Gasteiger partial charge in [0, 0.05) is 24.5 Å². The van der Waals surface area contributed by atoms with Gasteiger partial charge in [-0.1, -0.05) is 17.7 Å². The van der Waals surface area contributed by atoms with Gasteiger partial charge in [0.1, 0.15) is 0 Å². The predicted molar refractivity (Wildman–Crippen MR) is 73.1 cm³/mol. The van der Waals surface area contributed by atoms with E-state index in [2.05, 4.69) is 5.32 Å². The summed E-state index contributed by atoms with van der Waals surface area (Å²) >= 11 is 5.44. The molecule has 1 N–H and O–H groups in total. The summed E-state index contributed by atoms with van der Waals surface area (Å²) in [6, 6.07) is 7.13. The first kappa shape index (κ1) is 14.5. The van der Waals surface area contributed by atoms with Crippen LogP contribution in [-0.4, -0.2) is 24.4 Å². The summed E-state index contributed by atoms with van der Waals surface area (Å²) in [7, 11) is 0. The van der Waals surface area contributed by atoms with Crippen LogP contribution in [0.4, 0.5) is 10.5 Å². The number of hydrogen-bond donors (Lipinski definition) is 1. The van der Waals surface area contributed by atoms with Crippen LogP contribution in [0.25, 0.3) is 0 Å². The number of halogens is 1. The fraction of sp³-hybridized carbons (Fsp3) is 0.385. The second kappa shape index (κ2) is 7.01. The molecule has 0 aliphatic carbocycles. The minimum atomic E-state index is -0.420. The molecular weight excluding hydrogens is 252 g/mol. The number of benzene rings is 1. The fourth-order valence-corrected chi connectivity index (χ4v) is 1.67. The largest absolute Gasteiger partial charge is 0.328 e. The van der Waals surface area contributed by atoms with Gasteiger partial charge in [0.15, 0.2) is 0 Å². The molecule has 0 atom stereocenters. The van der Waals surface area contributed by atoms with E-state index in [0.29, 0.717) is 6.54 Å². The van der Waals surface area contributed by atoms with Crippen molar-refractivity contribution in [3.8, 4) is 0 Å². The van der Waals surface area contributed by atoms with Gasteiger partial charge in [0.05, 0.1) is 0 Å². The van der Waals surface area contributed by atoms with Gasteiger partial charge >= 0.3 is 6.03 Å². The second-order valence-electron chi connectivity index (χ2n) is 3.87. The lowest BCUT2D eigenvalue weighted by atomic mass is 10.2. The van der Waals surface area contributed by atoms with E-state index >= 15 is 0 Å². The van der Waals surface area contributed by atoms with Gasteiger partial charge in [-0.25, -0.2) is 4.79 Å². The number of urea groups is 1. The molecule has 0 heterocycles. The molecule has 0 radical (unpaired) electrons. The Bertz CT molecular complexity index is 418. The van der Waals surface area contributed by atoms with Crippen molar-refractivity contribution in [2.45, 2.75) is 20.3 Å².